The van der Waals surface area contributed by atoms with E-state index in [4.69, 9.17) is 0 Å². The van der Waals surface area contributed by atoms with Gasteiger partial charge in [-0.3, -0.25) is 9.69 Å². The molecule has 4 heteroatoms. The minimum absolute atomic E-state index is 0.0462. The summed E-state index contributed by atoms with van der Waals surface area (Å²) in [5.41, 5.74) is -0.369. The fourth-order valence-corrected chi connectivity index (χ4v) is 2.20. The van der Waals surface area contributed by atoms with Crippen molar-refractivity contribution in [3.63, 3.8) is 0 Å². The van der Waals surface area contributed by atoms with Gasteiger partial charge < -0.3 is 10.4 Å². The summed E-state index contributed by atoms with van der Waals surface area (Å²) in [6.45, 7) is 5.81. The van der Waals surface area contributed by atoms with Crippen LogP contribution < -0.4 is 5.32 Å². The van der Waals surface area contributed by atoms with E-state index in [2.05, 4.69) is 5.32 Å². The minimum atomic E-state index is -0.369. The Morgan fingerprint density at radius 1 is 1.47 bits per heavy atom. The van der Waals surface area contributed by atoms with Gasteiger partial charge in [0.25, 0.3) is 0 Å². The van der Waals surface area contributed by atoms with Crippen molar-refractivity contribution >= 4 is 5.91 Å². The molecule has 17 heavy (non-hydrogen) atoms. The predicted octanol–water partition coefficient (Wildman–Crippen LogP) is 1.14. The number of likely N-dealkylation sites (N-methyl/N-ethyl adjacent to an activating group) is 1. The summed E-state index contributed by atoms with van der Waals surface area (Å²) < 4.78 is 0. The zero-order valence-electron chi connectivity index (χ0n) is 11.5. The van der Waals surface area contributed by atoms with Gasteiger partial charge >= 0.3 is 0 Å². The van der Waals surface area contributed by atoms with Gasteiger partial charge in [0.1, 0.15) is 0 Å². The molecule has 0 spiro atoms. The number of amides is 1. The first-order valence-electron chi connectivity index (χ1n) is 6.52. The molecule has 1 rings (SSSR count). The van der Waals surface area contributed by atoms with Gasteiger partial charge in [-0.1, -0.05) is 12.8 Å². The zero-order valence-corrected chi connectivity index (χ0v) is 11.5. The Kier molecular flexibility index (Phi) is 4.95. The van der Waals surface area contributed by atoms with Crippen LogP contribution in [0.2, 0.25) is 0 Å². The molecule has 1 saturated carbocycles. The van der Waals surface area contributed by atoms with E-state index in [9.17, 15) is 9.90 Å². The Morgan fingerprint density at radius 3 is 2.47 bits per heavy atom. The summed E-state index contributed by atoms with van der Waals surface area (Å²) >= 11 is 0. The van der Waals surface area contributed by atoms with Crippen LogP contribution in [0.3, 0.4) is 0 Å². The second kappa shape index (κ2) is 5.83. The highest BCUT2D eigenvalue weighted by Crippen LogP contribution is 2.19. The average molecular weight is 242 g/mol. The monoisotopic (exact) mass is 242 g/mol. The molecule has 0 saturated heterocycles. The predicted molar refractivity (Wildman–Crippen MR) is 68.8 cm³/mol. The summed E-state index contributed by atoms with van der Waals surface area (Å²) in [7, 11) is 1.88. The van der Waals surface area contributed by atoms with Gasteiger partial charge in [-0.2, -0.15) is 0 Å². The molecule has 0 bridgehead atoms. The van der Waals surface area contributed by atoms with Gasteiger partial charge in [-0.15, -0.1) is 0 Å². The van der Waals surface area contributed by atoms with Crippen LogP contribution in [0.1, 0.15) is 46.5 Å². The second-order valence-corrected chi connectivity index (χ2v) is 5.75. The van der Waals surface area contributed by atoms with Crippen LogP contribution >= 0.6 is 0 Å². The van der Waals surface area contributed by atoms with Crippen LogP contribution in [-0.2, 0) is 4.79 Å². The molecule has 0 heterocycles. The fraction of sp³-hybridized carbons (Fsp3) is 0.923. The number of rotatable bonds is 5. The van der Waals surface area contributed by atoms with Crippen LogP contribution in [0.15, 0.2) is 0 Å². The zero-order chi connectivity index (χ0) is 13.1. The van der Waals surface area contributed by atoms with E-state index in [0.717, 1.165) is 12.8 Å². The molecule has 1 aliphatic carbocycles. The quantitative estimate of drug-likeness (QED) is 0.760. The maximum atomic E-state index is 12.1. The number of aliphatic hydroxyl groups is 1. The van der Waals surface area contributed by atoms with E-state index in [1.807, 2.05) is 32.7 Å². The topological polar surface area (TPSA) is 52.6 Å². The van der Waals surface area contributed by atoms with Crippen LogP contribution in [0, 0.1) is 0 Å². The van der Waals surface area contributed by atoms with Gasteiger partial charge in [-0.05, 0) is 40.7 Å². The molecular weight excluding hydrogens is 216 g/mol. The van der Waals surface area contributed by atoms with Gasteiger partial charge in [0.05, 0.1) is 12.6 Å². The minimum Gasteiger partial charge on any atom is -0.394 e. The molecule has 1 atom stereocenters. The van der Waals surface area contributed by atoms with E-state index >= 15 is 0 Å². The average Bonchev–Trinajstić information content (AvgIpc) is 2.79. The van der Waals surface area contributed by atoms with Crippen molar-refractivity contribution in [2.75, 3.05) is 13.7 Å². The lowest BCUT2D eigenvalue weighted by atomic mass is 10.0. The van der Waals surface area contributed by atoms with Crippen molar-refractivity contribution in [2.45, 2.75) is 64.1 Å². The molecule has 100 valence electrons. The summed E-state index contributed by atoms with van der Waals surface area (Å²) in [5, 5.41) is 12.4. The number of carbonyl (C=O) groups is 1. The molecule has 1 aliphatic rings. The number of carbonyl (C=O) groups excluding carboxylic acids is 1. The molecule has 1 unspecified atom stereocenters. The Bertz CT molecular complexity index is 260. The Labute approximate surface area is 104 Å². The third-order valence-corrected chi connectivity index (χ3v) is 4.00. The number of aliphatic hydroxyl groups excluding tert-OH is 1. The first kappa shape index (κ1) is 14.5. The first-order valence-corrected chi connectivity index (χ1v) is 6.52. The number of hydrogen-bond donors (Lipinski definition) is 2. The van der Waals surface area contributed by atoms with Gasteiger partial charge in [0, 0.05) is 11.6 Å². The molecule has 0 radical (unpaired) electrons. The second-order valence-electron chi connectivity index (χ2n) is 5.75. The third kappa shape index (κ3) is 3.68. The van der Waals surface area contributed by atoms with Gasteiger partial charge in [0.15, 0.2) is 0 Å². The normalized spacial score (nSPS) is 19.6. The van der Waals surface area contributed by atoms with E-state index < -0.39 is 0 Å². The van der Waals surface area contributed by atoms with Crippen LogP contribution in [0.5, 0.6) is 0 Å². The lowest BCUT2D eigenvalue weighted by Gasteiger charge is -2.38. The SMILES string of the molecule is CC(C(=O)NC1CCCC1)N(C)C(C)(C)CO. The smallest absolute Gasteiger partial charge is 0.237 e. The van der Waals surface area contributed by atoms with E-state index in [-0.39, 0.29) is 24.1 Å². The summed E-state index contributed by atoms with van der Waals surface area (Å²) in [6, 6.07) is 0.147. The summed E-state index contributed by atoms with van der Waals surface area (Å²) in [5.74, 6) is 0.0703. The van der Waals surface area contributed by atoms with Crippen LogP contribution in [0.25, 0.3) is 0 Å². The van der Waals surface area contributed by atoms with Gasteiger partial charge in [0.2, 0.25) is 5.91 Å². The molecule has 0 aliphatic heterocycles. The molecular formula is C13H26N2O2. The number of nitrogens with zero attached hydrogens (tertiary/aromatic N) is 1. The van der Waals surface area contributed by atoms with Crippen molar-refractivity contribution < 1.29 is 9.90 Å². The maximum absolute atomic E-state index is 12.1. The molecule has 0 aromatic carbocycles. The molecule has 2 N–H and O–H groups in total. The third-order valence-electron chi connectivity index (χ3n) is 4.00. The van der Waals surface area contributed by atoms with Crippen molar-refractivity contribution in [3.8, 4) is 0 Å². The molecule has 0 aromatic heterocycles. The van der Waals surface area contributed by atoms with Crippen molar-refractivity contribution in [3.05, 3.63) is 0 Å². The highest BCUT2D eigenvalue weighted by atomic mass is 16.3. The largest absolute Gasteiger partial charge is 0.394 e. The van der Waals surface area contributed by atoms with E-state index in [1.165, 1.54) is 12.8 Å². The number of nitrogens with one attached hydrogen (secondary N) is 1. The molecule has 1 fully saturated rings. The lowest BCUT2D eigenvalue weighted by Crippen LogP contribution is -2.55. The van der Waals surface area contributed by atoms with E-state index in [0.29, 0.717) is 6.04 Å². The molecule has 0 aromatic rings. The van der Waals surface area contributed by atoms with Crippen molar-refractivity contribution in [1.82, 2.24) is 10.2 Å². The Balaban J connectivity index is 2.50. The molecule has 4 nitrogen and oxygen atoms in total. The molecule has 1 amide bonds. The summed E-state index contributed by atoms with van der Waals surface area (Å²) in [6.07, 6.45) is 4.64. The highest BCUT2D eigenvalue weighted by molar-refractivity contribution is 5.81. The fourth-order valence-electron chi connectivity index (χ4n) is 2.20. The van der Waals surface area contributed by atoms with Crippen molar-refractivity contribution in [2.24, 2.45) is 0 Å². The summed E-state index contributed by atoms with van der Waals surface area (Å²) in [4.78, 5) is 14.0. The van der Waals surface area contributed by atoms with Crippen LogP contribution in [0.4, 0.5) is 0 Å². The first-order chi connectivity index (χ1) is 7.88. The van der Waals surface area contributed by atoms with Gasteiger partial charge in [-0.25, -0.2) is 0 Å². The highest BCUT2D eigenvalue weighted by Gasteiger charge is 2.31. The standard InChI is InChI=1S/C13H26N2O2/c1-10(15(4)13(2,3)9-16)12(17)14-11-7-5-6-8-11/h10-11,16H,5-9H2,1-4H3,(H,14,17). The van der Waals surface area contributed by atoms with Crippen molar-refractivity contribution in [1.29, 1.82) is 0 Å². The Morgan fingerprint density at radius 2 is 2.00 bits per heavy atom. The maximum Gasteiger partial charge on any atom is 0.237 e. The lowest BCUT2D eigenvalue weighted by molar-refractivity contribution is -0.128. The van der Waals surface area contributed by atoms with E-state index in [1.54, 1.807) is 0 Å². The Hall–Kier alpha value is -0.610. The van der Waals surface area contributed by atoms with Crippen LogP contribution in [-0.4, -0.2) is 47.2 Å². The number of hydrogen-bond acceptors (Lipinski definition) is 3.